The molecule has 3 aliphatic rings. The van der Waals surface area contributed by atoms with Gasteiger partial charge in [-0.1, -0.05) is 18.9 Å². The number of nitrogens with zero attached hydrogens (tertiary/aromatic N) is 1. The molecule has 5 heteroatoms. The van der Waals surface area contributed by atoms with Gasteiger partial charge >= 0.3 is 0 Å². The van der Waals surface area contributed by atoms with Crippen molar-refractivity contribution in [3.63, 3.8) is 0 Å². The van der Waals surface area contributed by atoms with Crippen molar-refractivity contribution in [3.8, 4) is 0 Å². The van der Waals surface area contributed by atoms with Crippen molar-refractivity contribution in [3.05, 3.63) is 29.8 Å². The van der Waals surface area contributed by atoms with E-state index in [4.69, 9.17) is 0 Å². The zero-order valence-corrected chi connectivity index (χ0v) is 14.7. The molecule has 1 aromatic rings. The predicted molar refractivity (Wildman–Crippen MR) is 97.5 cm³/mol. The summed E-state index contributed by atoms with van der Waals surface area (Å²) in [6.45, 7) is 2.06. The maximum absolute atomic E-state index is 12.6. The van der Waals surface area contributed by atoms with Gasteiger partial charge in [0.15, 0.2) is 0 Å². The molecule has 4 rings (SSSR count). The fourth-order valence-corrected chi connectivity index (χ4v) is 4.10. The standard InChI is InChI=1S/C20H27N3O2/c24-19(14-8-9-14)21-16-5-3-4-15(12-16)20(25)22-17-10-11-23(13-17)18-6-1-2-7-18/h3-5,12,14,17-18H,1-2,6-11,13H2,(H,21,24)(H,22,25)/t17-/m0/s1. The van der Waals surface area contributed by atoms with Gasteiger partial charge in [-0.25, -0.2) is 0 Å². The first-order chi connectivity index (χ1) is 12.2. The van der Waals surface area contributed by atoms with E-state index in [1.165, 1.54) is 25.7 Å². The van der Waals surface area contributed by atoms with Crippen molar-refractivity contribution in [2.24, 2.45) is 5.92 Å². The number of carbonyl (C=O) groups is 2. The number of anilines is 1. The van der Waals surface area contributed by atoms with E-state index in [9.17, 15) is 9.59 Å². The second-order valence-corrected chi connectivity index (χ2v) is 7.74. The Balaban J connectivity index is 1.32. The largest absolute Gasteiger partial charge is 0.348 e. The molecule has 0 radical (unpaired) electrons. The Hall–Kier alpha value is -1.88. The van der Waals surface area contributed by atoms with E-state index in [2.05, 4.69) is 15.5 Å². The Morgan fingerprint density at radius 2 is 1.84 bits per heavy atom. The highest BCUT2D eigenvalue weighted by molar-refractivity contribution is 5.98. The van der Waals surface area contributed by atoms with Gasteiger partial charge in [-0.2, -0.15) is 0 Å². The summed E-state index contributed by atoms with van der Waals surface area (Å²) in [5.74, 6) is 0.193. The first-order valence-corrected chi connectivity index (χ1v) is 9.65. The lowest BCUT2D eigenvalue weighted by atomic mass is 10.1. The molecular weight excluding hydrogens is 314 g/mol. The van der Waals surface area contributed by atoms with E-state index in [0.29, 0.717) is 11.3 Å². The minimum atomic E-state index is -0.0409. The summed E-state index contributed by atoms with van der Waals surface area (Å²) in [6.07, 6.45) is 8.29. The maximum atomic E-state index is 12.6. The summed E-state index contributed by atoms with van der Waals surface area (Å²) < 4.78 is 0. The van der Waals surface area contributed by atoms with Gasteiger partial charge in [0.05, 0.1) is 0 Å². The van der Waals surface area contributed by atoms with E-state index in [1.54, 1.807) is 6.07 Å². The molecule has 5 nitrogen and oxygen atoms in total. The molecule has 3 fully saturated rings. The van der Waals surface area contributed by atoms with Crippen LogP contribution in [0.25, 0.3) is 0 Å². The van der Waals surface area contributed by atoms with Crippen molar-refractivity contribution >= 4 is 17.5 Å². The number of nitrogens with one attached hydrogen (secondary N) is 2. The SMILES string of the molecule is O=C(N[C@H]1CCN(C2CCCC2)C1)c1cccc(NC(=O)C2CC2)c1. The zero-order chi connectivity index (χ0) is 17.2. The van der Waals surface area contributed by atoms with E-state index >= 15 is 0 Å². The van der Waals surface area contributed by atoms with Gasteiger partial charge < -0.3 is 10.6 Å². The minimum absolute atomic E-state index is 0.0409. The monoisotopic (exact) mass is 341 g/mol. The predicted octanol–water partition coefficient (Wildman–Crippen LogP) is 2.78. The third-order valence-electron chi connectivity index (χ3n) is 5.74. The molecule has 1 saturated heterocycles. The minimum Gasteiger partial charge on any atom is -0.348 e. The van der Waals surface area contributed by atoms with Gasteiger partial charge in [0.2, 0.25) is 5.91 Å². The number of hydrogen-bond acceptors (Lipinski definition) is 3. The van der Waals surface area contributed by atoms with Crippen LogP contribution in [0.1, 0.15) is 55.3 Å². The molecule has 25 heavy (non-hydrogen) atoms. The first kappa shape index (κ1) is 16.6. The molecule has 1 aromatic carbocycles. The van der Waals surface area contributed by atoms with Crippen LogP contribution in [0.4, 0.5) is 5.69 Å². The van der Waals surface area contributed by atoms with Crippen LogP contribution < -0.4 is 10.6 Å². The maximum Gasteiger partial charge on any atom is 0.251 e. The highest BCUT2D eigenvalue weighted by Gasteiger charge is 2.31. The number of hydrogen-bond donors (Lipinski definition) is 2. The molecule has 134 valence electrons. The average Bonchev–Trinajstić information content (AvgIpc) is 3.13. The molecule has 1 atom stereocenters. The number of benzene rings is 1. The molecule has 2 N–H and O–H groups in total. The Labute approximate surface area is 149 Å². The second kappa shape index (κ2) is 7.16. The number of rotatable bonds is 5. The number of amides is 2. The van der Waals surface area contributed by atoms with Crippen LogP contribution in [0.3, 0.4) is 0 Å². The van der Waals surface area contributed by atoms with Crippen LogP contribution in [0, 0.1) is 5.92 Å². The van der Waals surface area contributed by atoms with E-state index in [-0.39, 0.29) is 23.8 Å². The van der Waals surface area contributed by atoms with Crippen molar-refractivity contribution in [1.82, 2.24) is 10.2 Å². The summed E-state index contributed by atoms with van der Waals surface area (Å²) in [6, 6.07) is 8.22. The lowest BCUT2D eigenvalue weighted by molar-refractivity contribution is -0.117. The normalized spacial score (nSPS) is 24.4. The quantitative estimate of drug-likeness (QED) is 0.866. The Bertz CT molecular complexity index is 650. The molecule has 1 heterocycles. The zero-order valence-electron chi connectivity index (χ0n) is 14.7. The Kier molecular flexibility index (Phi) is 4.75. The first-order valence-electron chi connectivity index (χ1n) is 9.65. The van der Waals surface area contributed by atoms with Crippen molar-refractivity contribution < 1.29 is 9.59 Å². The van der Waals surface area contributed by atoms with Gasteiger partial charge in [-0.3, -0.25) is 14.5 Å². The molecule has 0 bridgehead atoms. The summed E-state index contributed by atoms with van der Waals surface area (Å²) in [5.41, 5.74) is 1.33. The molecule has 1 aliphatic heterocycles. The van der Waals surface area contributed by atoms with E-state index in [0.717, 1.165) is 38.4 Å². The van der Waals surface area contributed by atoms with Crippen LogP contribution in [-0.4, -0.2) is 41.9 Å². The molecule has 0 aromatic heterocycles. The van der Waals surface area contributed by atoms with Crippen molar-refractivity contribution in [2.75, 3.05) is 18.4 Å². The summed E-state index contributed by atoms with van der Waals surface area (Å²) in [4.78, 5) is 27.0. The molecule has 0 spiro atoms. The smallest absolute Gasteiger partial charge is 0.251 e. The van der Waals surface area contributed by atoms with Gasteiger partial charge in [-0.15, -0.1) is 0 Å². The van der Waals surface area contributed by atoms with E-state index < -0.39 is 0 Å². The lowest BCUT2D eigenvalue weighted by Gasteiger charge is -2.23. The lowest BCUT2D eigenvalue weighted by Crippen LogP contribution is -2.39. The fourth-order valence-electron chi connectivity index (χ4n) is 4.10. The van der Waals surface area contributed by atoms with Crippen LogP contribution >= 0.6 is 0 Å². The molecular formula is C20H27N3O2. The molecule has 0 unspecified atom stereocenters. The number of likely N-dealkylation sites (tertiary alicyclic amines) is 1. The van der Waals surface area contributed by atoms with Crippen LogP contribution in [0.15, 0.2) is 24.3 Å². The topological polar surface area (TPSA) is 61.4 Å². The molecule has 2 aliphatic carbocycles. The average molecular weight is 341 g/mol. The molecule has 2 amide bonds. The second-order valence-electron chi connectivity index (χ2n) is 7.74. The highest BCUT2D eigenvalue weighted by Crippen LogP contribution is 2.30. The van der Waals surface area contributed by atoms with Crippen LogP contribution in [-0.2, 0) is 4.79 Å². The summed E-state index contributed by atoms with van der Waals surface area (Å²) in [7, 11) is 0. The van der Waals surface area contributed by atoms with E-state index in [1.807, 2.05) is 18.2 Å². The Morgan fingerprint density at radius 3 is 2.60 bits per heavy atom. The van der Waals surface area contributed by atoms with Crippen LogP contribution in [0.5, 0.6) is 0 Å². The van der Waals surface area contributed by atoms with Crippen molar-refractivity contribution in [1.29, 1.82) is 0 Å². The summed E-state index contributed by atoms with van der Waals surface area (Å²) >= 11 is 0. The van der Waals surface area contributed by atoms with Gasteiger partial charge in [-0.05, 0) is 50.3 Å². The van der Waals surface area contributed by atoms with Crippen LogP contribution in [0.2, 0.25) is 0 Å². The van der Waals surface area contributed by atoms with Crippen molar-refractivity contribution in [2.45, 2.75) is 57.0 Å². The Morgan fingerprint density at radius 1 is 1.04 bits per heavy atom. The summed E-state index contributed by atoms with van der Waals surface area (Å²) in [5, 5.41) is 6.08. The highest BCUT2D eigenvalue weighted by atomic mass is 16.2. The number of carbonyl (C=O) groups excluding carboxylic acids is 2. The van der Waals surface area contributed by atoms with Gasteiger partial charge in [0, 0.05) is 42.3 Å². The third kappa shape index (κ3) is 4.03. The van der Waals surface area contributed by atoms with Gasteiger partial charge in [0.25, 0.3) is 5.91 Å². The molecule has 2 saturated carbocycles. The fraction of sp³-hybridized carbons (Fsp3) is 0.600. The third-order valence-corrected chi connectivity index (χ3v) is 5.74. The van der Waals surface area contributed by atoms with Gasteiger partial charge in [0.1, 0.15) is 0 Å².